The first-order valence-corrected chi connectivity index (χ1v) is 5.47. The van der Waals surface area contributed by atoms with Crippen LogP contribution in [0.25, 0.3) is 0 Å². The molecule has 0 fully saturated rings. The highest BCUT2D eigenvalue weighted by Gasteiger charge is 2.11. The Balaban J connectivity index is 2.05. The van der Waals surface area contributed by atoms with E-state index in [-0.39, 0.29) is 0 Å². The number of carbonyl (C=O) groups is 1. The Labute approximate surface area is 91.0 Å². The number of rotatable bonds is 4. The average molecular weight is 222 g/mol. The van der Waals surface area contributed by atoms with Crippen LogP contribution in [0.4, 0.5) is 0 Å². The molecule has 78 valence electrons. The Bertz CT molecular complexity index is 442. The van der Waals surface area contributed by atoms with Crippen LogP contribution in [0.2, 0.25) is 0 Å². The van der Waals surface area contributed by atoms with Crippen molar-refractivity contribution in [2.45, 2.75) is 12.8 Å². The molecular formula is C11H10O3S. The van der Waals surface area contributed by atoms with Gasteiger partial charge in [0.05, 0.1) is 11.8 Å². The van der Waals surface area contributed by atoms with Gasteiger partial charge in [0.1, 0.15) is 5.76 Å². The number of aromatic carboxylic acids is 1. The lowest BCUT2D eigenvalue weighted by atomic mass is 10.1. The van der Waals surface area contributed by atoms with E-state index >= 15 is 0 Å². The van der Waals surface area contributed by atoms with Crippen LogP contribution in [0.5, 0.6) is 0 Å². The van der Waals surface area contributed by atoms with Gasteiger partial charge in [-0.05, 0) is 30.0 Å². The van der Waals surface area contributed by atoms with Crippen LogP contribution < -0.4 is 0 Å². The van der Waals surface area contributed by atoms with Crippen molar-refractivity contribution in [3.63, 3.8) is 0 Å². The van der Waals surface area contributed by atoms with Gasteiger partial charge in [-0.3, -0.25) is 0 Å². The number of aryl methyl sites for hydroxylation is 2. The van der Waals surface area contributed by atoms with Gasteiger partial charge in [-0.1, -0.05) is 0 Å². The van der Waals surface area contributed by atoms with E-state index in [1.54, 1.807) is 17.7 Å². The van der Waals surface area contributed by atoms with Gasteiger partial charge in [-0.15, -0.1) is 11.3 Å². The summed E-state index contributed by atoms with van der Waals surface area (Å²) in [4.78, 5) is 11.7. The molecule has 0 aliphatic rings. The molecule has 0 unspecified atom stereocenters. The second-order valence-corrected chi connectivity index (χ2v) is 4.14. The lowest BCUT2D eigenvalue weighted by Gasteiger charge is -1.97. The van der Waals surface area contributed by atoms with E-state index in [1.807, 2.05) is 12.1 Å². The fraction of sp³-hybridized carbons (Fsp3) is 0.182. The summed E-state index contributed by atoms with van der Waals surface area (Å²) in [7, 11) is 0. The van der Waals surface area contributed by atoms with E-state index in [0.717, 1.165) is 17.1 Å². The minimum Gasteiger partial charge on any atom is -0.478 e. The predicted molar refractivity (Wildman–Crippen MR) is 57.4 cm³/mol. The quantitative estimate of drug-likeness (QED) is 0.865. The minimum absolute atomic E-state index is 0.409. The summed E-state index contributed by atoms with van der Waals surface area (Å²) in [6, 6.07) is 5.38. The van der Waals surface area contributed by atoms with Crippen molar-refractivity contribution < 1.29 is 14.3 Å². The maximum Gasteiger partial charge on any atom is 0.336 e. The Kier molecular flexibility index (Phi) is 2.87. The van der Waals surface area contributed by atoms with Gasteiger partial charge in [0.15, 0.2) is 0 Å². The third-order valence-electron chi connectivity index (χ3n) is 2.15. The zero-order valence-corrected chi connectivity index (χ0v) is 8.79. The zero-order chi connectivity index (χ0) is 10.7. The van der Waals surface area contributed by atoms with E-state index in [4.69, 9.17) is 9.52 Å². The second-order valence-electron chi connectivity index (χ2n) is 3.14. The summed E-state index contributed by atoms with van der Waals surface area (Å²) >= 11 is 1.48. The molecule has 2 rings (SSSR count). The van der Waals surface area contributed by atoms with E-state index < -0.39 is 5.97 Å². The molecule has 1 N–H and O–H groups in total. The van der Waals surface area contributed by atoms with Crippen LogP contribution in [0.15, 0.2) is 34.3 Å². The molecule has 0 radical (unpaired) electrons. The van der Waals surface area contributed by atoms with Crippen LogP contribution in [0.1, 0.15) is 21.0 Å². The normalized spacial score (nSPS) is 10.4. The largest absolute Gasteiger partial charge is 0.478 e. The third kappa shape index (κ3) is 2.27. The molecular weight excluding hydrogens is 212 g/mol. The lowest BCUT2D eigenvalue weighted by Crippen LogP contribution is -1.99. The topological polar surface area (TPSA) is 50.4 Å². The predicted octanol–water partition coefficient (Wildman–Crippen LogP) is 2.82. The molecule has 4 heteroatoms. The first kappa shape index (κ1) is 9.98. The Morgan fingerprint density at radius 1 is 1.40 bits per heavy atom. The van der Waals surface area contributed by atoms with E-state index in [9.17, 15) is 4.79 Å². The molecule has 0 bridgehead atoms. The Morgan fingerprint density at radius 3 is 2.93 bits per heavy atom. The van der Waals surface area contributed by atoms with Crippen molar-refractivity contribution in [2.24, 2.45) is 0 Å². The number of furan rings is 1. The molecule has 0 aliphatic carbocycles. The molecule has 0 amide bonds. The minimum atomic E-state index is -0.856. The molecule has 0 aliphatic heterocycles. The lowest BCUT2D eigenvalue weighted by molar-refractivity contribution is 0.0696. The van der Waals surface area contributed by atoms with Gasteiger partial charge in [0.2, 0.25) is 0 Å². The zero-order valence-electron chi connectivity index (χ0n) is 7.97. The molecule has 0 aromatic carbocycles. The van der Waals surface area contributed by atoms with Gasteiger partial charge in [0, 0.05) is 11.3 Å². The average Bonchev–Trinajstić information content (AvgIpc) is 2.86. The number of carboxylic acid groups (broad SMARTS) is 1. The van der Waals surface area contributed by atoms with Crippen LogP contribution in [0.3, 0.4) is 0 Å². The van der Waals surface area contributed by atoms with Crippen molar-refractivity contribution in [2.75, 3.05) is 0 Å². The van der Waals surface area contributed by atoms with E-state index in [0.29, 0.717) is 12.0 Å². The SMILES string of the molecule is O=C(O)c1ccsc1CCc1ccco1. The first-order valence-electron chi connectivity index (χ1n) is 4.59. The van der Waals surface area contributed by atoms with Crippen molar-refractivity contribution in [1.29, 1.82) is 0 Å². The molecule has 2 aromatic rings. The monoisotopic (exact) mass is 222 g/mol. The highest BCUT2D eigenvalue weighted by Crippen LogP contribution is 2.19. The highest BCUT2D eigenvalue weighted by atomic mass is 32.1. The van der Waals surface area contributed by atoms with Crippen molar-refractivity contribution in [1.82, 2.24) is 0 Å². The second kappa shape index (κ2) is 4.31. The fourth-order valence-electron chi connectivity index (χ4n) is 1.42. The van der Waals surface area contributed by atoms with Crippen LogP contribution in [-0.4, -0.2) is 11.1 Å². The molecule has 2 heterocycles. The maximum absolute atomic E-state index is 10.8. The summed E-state index contributed by atoms with van der Waals surface area (Å²) in [6.45, 7) is 0. The molecule has 0 saturated heterocycles. The fourth-order valence-corrected chi connectivity index (χ4v) is 2.29. The van der Waals surface area contributed by atoms with Gasteiger partial charge in [0.25, 0.3) is 0 Å². The molecule has 0 saturated carbocycles. The van der Waals surface area contributed by atoms with Gasteiger partial charge >= 0.3 is 5.97 Å². The molecule has 15 heavy (non-hydrogen) atoms. The molecule has 0 atom stereocenters. The summed E-state index contributed by atoms with van der Waals surface area (Å²) < 4.78 is 5.19. The maximum atomic E-state index is 10.8. The number of carboxylic acids is 1. The van der Waals surface area contributed by atoms with Crippen LogP contribution >= 0.6 is 11.3 Å². The number of thiophene rings is 1. The van der Waals surface area contributed by atoms with Gasteiger partial charge in [-0.2, -0.15) is 0 Å². The van der Waals surface area contributed by atoms with E-state index in [2.05, 4.69) is 0 Å². The molecule has 3 nitrogen and oxygen atoms in total. The van der Waals surface area contributed by atoms with Crippen LogP contribution in [0, 0.1) is 0 Å². The third-order valence-corrected chi connectivity index (χ3v) is 3.14. The Morgan fingerprint density at radius 2 is 2.27 bits per heavy atom. The van der Waals surface area contributed by atoms with Crippen LogP contribution in [-0.2, 0) is 12.8 Å². The van der Waals surface area contributed by atoms with Gasteiger partial charge < -0.3 is 9.52 Å². The molecule has 2 aromatic heterocycles. The summed E-state index contributed by atoms with van der Waals surface area (Å²) in [6.07, 6.45) is 3.09. The Hall–Kier alpha value is -1.55. The standard InChI is InChI=1S/C11H10O3S/c12-11(13)9-5-7-15-10(9)4-3-8-2-1-6-14-8/h1-2,5-7H,3-4H2,(H,12,13). The van der Waals surface area contributed by atoms with Crippen molar-refractivity contribution >= 4 is 17.3 Å². The first-order chi connectivity index (χ1) is 7.27. The van der Waals surface area contributed by atoms with Crippen molar-refractivity contribution in [3.8, 4) is 0 Å². The summed E-state index contributed by atoms with van der Waals surface area (Å²) in [5, 5.41) is 10.7. The molecule has 0 spiro atoms. The summed E-state index contributed by atoms with van der Waals surface area (Å²) in [5.74, 6) is 0.0328. The number of hydrogen-bond donors (Lipinski definition) is 1. The highest BCUT2D eigenvalue weighted by molar-refractivity contribution is 7.10. The summed E-state index contributed by atoms with van der Waals surface area (Å²) in [5.41, 5.74) is 0.409. The van der Waals surface area contributed by atoms with E-state index in [1.165, 1.54) is 11.3 Å². The van der Waals surface area contributed by atoms with Crippen molar-refractivity contribution in [3.05, 3.63) is 46.0 Å². The van der Waals surface area contributed by atoms with Gasteiger partial charge in [-0.25, -0.2) is 4.79 Å². The smallest absolute Gasteiger partial charge is 0.336 e. The number of hydrogen-bond acceptors (Lipinski definition) is 3.